The van der Waals surface area contributed by atoms with Gasteiger partial charge in [0.1, 0.15) is 5.75 Å². The minimum atomic E-state index is -0.226. The van der Waals surface area contributed by atoms with Gasteiger partial charge in [-0.1, -0.05) is 26.7 Å². The minimum absolute atomic E-state index is 0.0824. The van der Waals surface area contributed by atoms with Crippen LogP contribution in [0, 0.1) is 6.92 Å². The Hall–Kier alpha value is -1.97. The van der Waals surface area contributed by atoms with Gasteiger partial charge in [0.25, 0.3) is 5.56 Å². The van der Waals surface area contributed by atoms with Crippen molar-refractivity contribution in [2.45, 2.75) is 46.5 Å². The molecule has 0 spiro atoms. The zero-order chi connectivity index (χ0) is 16.1. The summed E-state index contributed by atoms with van der Waals surface area (Å²) in [4.78, 5) is 17.1. The van der Waals surface area contributed by atoms with Crippen molar-refractivity contribution in [1.82, 2.24) is 4.98 Å². The first-order chi connectivity index (χ1) is 10.6. The summed E-state index contributed by atoms with van der Waals surface area (Å²) < 4.78 is 0. The second-order valence-electron chi connectivity index (χ2n) is 5.85. The Balaban J connectivity index is 2.41. The summed E-state index contributed by atoms with van der Waals surface area (Å²) in [5.74, 6) is 0.0824. The van der Waals surface area contributed by atoms with E-state index in [-0.39, 0.29) is 11.3 Å². The average molecular weight is 302 g/mol. The van der Waals surface area contributed by atoms with Gasteiger partial charge in [-0.05, 0) is 38.0 Å². The molecule has 1 aromatic carbocycles. The van der Waals surface area contributed by atoms with Crippen LogP contribution in [-0.4, -0.2) is 23.2 Å². The fourth-order valence-corrected chi connectivity index (χ4v) is 2.63. The molecule has 0 fully saturated rings. The van der Waals surface area contributed by atoms with E-state index in [9.17, 15) is 9.90 Å². The van der Waals surface area contributed by atoms with Gasteiger partial charge in [0.05, 0.1) is 11.1 Å². The quantitative estimate of drug-likeness (QED) is 0.814. The Labute approximate surface area is 131 Å². The van der Waals surface area contributed by atoms with Crippen molar-refractivity contribution in [1.29, 1.82) is 0 Å². The first-order valence-corrected chi connectivity index (χ1v) is 8.19. The number of anilines is 1. The maximum absolute atomic E-state index is 11.8. The van der Waals surface area contributed by atoms with Crippen molar-refractivity contribution in [3.05, 3.63) is 34.1 Å². The molecule has 2 N–H and O–H groups in total. The number of pyridine rings is 1. The Kier molecular flexibility index (Phi) is 5.47. The molecule has 120 valence electrons. The lowest BCUT2D eigenvalue weighted by Crippen LogP contribution is -2.25. The summed E-state index contributed by atoms with van der Waals surface area (Å²) in [5.41, 5.74) is 1.95. The Morgan fingerprint density at radius 3 is 2.36 bits per heavy atom. The zero-order valence-electron chi connectivity index (χ0n) is 13.8. The van der Waals surface area contributed by atoms with E-state index in [1.54, 1.807) is 6.92 Å². The summed E-state index contributed by atoms with van der Waals surface area (Å²) in [6, 6.07) is 5.90. The number of rotatable bonds is 7. The zero-order valence-corrected chi connectivity index (χ0v) is 13.8. The number of fused-ring (bicyclic) bond motifs is 1. The van der Waals surface area contributed by atoms with Crippen LogP contribution in [0.2, 0.25) is 0 Å². The Morgan fingerprint density at radius 2 is 1.77 bits per heavy atom. The second-order valence-corrected chi connectivity index (χ2v) is 5.85. The third-order valence-electron chi connectivity index (χ3n) is 4.13. The highest BCUT2D eigenvalue weighted by Crippen LogP contribution is 2.28. The predicted molar refractivity (Wildman–Crippen MR) is 93.0 cm³/mol. The van der Waals surface area contributed by atoms with Crippen molar-refractivity contribution in [2.24, 2.45) is 0 Å². The van der Waals surface area contributed by atoms with Gasteiger partial charge in [-0.2, -0.15) is 0 Å². The van der Waals surface area contributed by atoms with E-state index in [4.69, 9.17) is 0 Å². The highest BCUT2D eigenvalue weighted by atomic mass is 16.3. The van der Waals surface area contributed by atoms with Crippen LogP contribution in [0.5, 0.6) is 5.75 Å². The van der Waals surface area contributed by atoms with E-state index in [1.165, 1.54) is 0 Å². The molecule has 0 saturated carbocycles. The molecule has 0 aliphatic rings. The number of hydrogen-bond donors (Lipinski definition) is 2. The van der Waals surface area contributed by atoms with Gasteiger partial charge in [0, 0.05) is 24.2 Å². The molecule has 0 amide bonds. The van der Waals surface area contributed by atoms with Crippen molar-refractivity contribution in [2.75, 3.05) is 18.0 Å². The van der Waals surface area contributed by atoms with Crippen molar-refractivity contribution < 1.29 is 5.11 Å². The van der Waals surface area contributed by atoms with E-state index >= 15 is 0 Å². The summed E-state index contributed by atoms with van der Waals surface area (Å²) in [5, 5.41) is 10.8. The Bertz CT molecular complexity index is 683. The molecule has 2 aromatic rings. The maximum atomic E-state index is 11.8. The van der Waals surface area contributed by atoms with Crippen molar-refractivity contribution in [3.63, 3.8) is 0 Å². The second kappa shape index (κ2) is 7.34. The molecule has 2 rings (SSSR count). The molecule has 0 atom stereocenters. The van der Waals surface area contributed by atoms with Crippen LogP contribution in [0.3, 0.4) is 0 Å². The minimum Gasteiger partial charge on any atom is -0.507 e. The predicted octanol–water partition coefficient (Wildman–Crippen LogP) is 3.95. The summed E-state index contributed by atoms with van der Waals surface area (Å²) in [6.45, 7) is 8.05. The van der Waals surface area contributed by atoms with E-state index in [2.05, 4.69) is 23.7 Å². The number of aromatic hydroxyl groups is 1. The van der Waals surface area contributed by atoms with Crippen LogP contribution in [0.15, 0.2) is 23.0 Å². The van der Waals surface area contributed by atoms with E-state index in [0.717, 1.165) is 44.5 Å². The number of nitrogens with zero attached hydrogens (tertiary/aromatic N) is 1. The summed E-state index contributed by atoms with van der Waals surface area (Å²) in [7, 11) is 0. The summed E-state index contributed by atoms with van der Waals surface area (Å²) in [6.07, 6.45) is 4.62. The topological polar surface area (TPSA) is 56.3 Å². The maximum Gasteiger partial charge on any atom is 0.255 e. The molecule has 22 heavy (non-hydrogen) atoms. The molecule has 1 heterocycles. The normalized spacial score (nSPS) is 11.0. The van der Waals surface area contributed by atoms with E-state index in [1.807, 2.05) is 18.2 Å². The Morgan fingerprint density at radius 1 is 1.14 bits per heavy atom. The molecular weight excluding hydrogens is 276 g/mol. The molecule has 0 aliphatic heterocycles. The van der Waals surface area contributed by atoms with Crippen LogP contribution in [-0.2, 0) is 0 Å². The average Bonchev–Trinajstić information content (AvgIpc) is 2.52. The van der Waals surface area contributed by atoms with Gasteiger partial charge >= 0.3 is 0 Å². The molecule has 1 aromatic heterocycles. The molecule has 4 heteroatoms. The van der Waals surface area contributed by atoms with Gasteiger partial charge in [0.15, 0.2) is 0 Å². The monoisotopic (exact) mass is 302 g/mol. The number of nitrogens with one attached hydrogen (secondary N) is 1. The third-order valence-corrected chi connectivity index (χ3v) is 4.13. The van der Waals surface area contributed by atoms with Gasteiger partial charge in [-0.3, -0.25) is 4.79 Å². The van der Waals surface area contributed by atoms with E-state index in [0.29, 0.717) is 16.5 Å². The third kappa shape index (κ3) is 3.43. The van der Waals surface area contributed by atoms with Crippen LogP contribution < -0.4 is 10.5 Å². The lowest BCUT2D eigenvalue weighted by Gasteiger charge is -2.25. The first-order valence-electron chi connectivity index (χ1n) is 8.19. The van der Waals surface area contributed by atoms with Gasteiger partial charge in [-0.25, -0.2) is 0 Å². The van der Waals surface area contributed by atoms with Crippen molar-refractivity contribution >= 4 is 16.6 Å². The molecule has 0 radical (unpaired) electrons. The van der Waals surface area contributed by atoms with Crippen molar-refractivity contribution in [3.8, 4) is 5.75 Å². The lowest BCUT2D eigenvalue weighted by atomic mass is 10.1. The summed E-state index contributed by atoms with van der Waals surface area (Å²) >= 11 is 0. The van der Waals surface area contributed by atoms with Crippen LogP contribution in [0.25, 0.3) is 10.9 Å². The van der Waals surface area contributed by atoms with Gasteiger partial charge in [0.2, 0.25) is 0 Å². The number of aromatic amines is 1. The molecule has 0 saturated heterocycles. The van der Waals surface area contributed by atoms with Crippen LogP contribution in [0.4, 0.5) is 5.69 Å². The van der Waals surface area contributed by atoms with Gasteiger partial charge in [-0.15, -0.1) is 0 Å². The number of unbranched alkanes of at least 4 members (excludes halogenated alkanes) is 2. The highest BCUT2D eigenvalue weighted by molar-refractivity contribution is 5.88. The first kappa shape index (κ1) is 16.4. The number of aromatic nitrogens is 1. The van der Waals surface area contributed by atoms with Gasteiger partial charge < -0.3 is 15.0 Å². The number of benzene rings is 1. The molecule has 0 unspecified atom stereocenters. The van der Waals surface area contributed by atoms with Crippen LogP contribution in [0.1, 0.15) is 45.1 Å². The SMILES string of the molecule is CCCCN(CCCC)c1ccc2c(O)c(C)c(=O)[nH]c2c1. The fourth-order valence-electron chi connectivity index (χ4n) is 2.63. The van der Waals surface area contributed by atoms with E-state index < -0.39 is 0 Å². The van der Waals surface area contributed by atoms with Crippen LogP contribution >= 0.6 is 0 Å². The standard InChI is InChI=1S/C18H26N2O2/c1-4-6-10-20(11-7-5-2)14-8-9-15-16(12-14)19-18(22)13(3)17(15)21/h8-9,12H,4-7,10-11H2,1-3H3,(H2,19,21,22). The molecular formula is C18H26N2O2. The fraction of sp³-hybridized carbons (Fsp3) is 0.500. The number of H-pyrrole nitrogens is 1. The smallest absolute Gasteiger partial charge is 0.255 e. The molecule has 4 nitrogen and oxygen atoms in total. The largest absolute Gasteiger partial charge is 0.507 e. The highest BCUT2D eigenvalue weighted by Gasteiger charge is 2.11. The lowest BCUT2D eigenvalue weighted by molar-refractivity contribution is 0.476. The molecule has 0 aliphatic carbocycles. The molecule has 0 bridgehead atoms. The number of hydrogen-bond acceptors (Lipinski definition) is 3.